The van der Waals surface area contributed by atoms with Crippen molar-refractivity contribution in [1.82, 2.24) is 15.5 Å². The normalized spacial score (nSPS) is 10.4. The van der Waals surface area contributed by atoms with Gasteiger partial charge in [0.25, 0.3) is 5.91 Å². The van der Waals surface area contributed by atoms with Crippen LogP contribution in [-0.2, 0) is 6.42 Å². The summed E-state index contributed by atoms with van der Waals surface area (Å²) in [5.41, 5.74) is -0.149. The molecule has 0 saturated carbocycles. The third-order valence-electron chi connectivity index (χ3n) is 2.44. The van der Waals surface area contributed by atoms with Gasteiger partial charge < -0.3 is 20.1 Å². The molecule has 0 fully saturated rings. The maximum absolute atomic E-state index is 11.8. The number of hydrogen-bond acceptors (Lipinski definition) is 6. The van der Waals surface area contributed by atoms with Crippen molar-refractivity contribution in [3.05, 3.63) is 35.5 Å². The number of phenolic OH excluding ortho intramolecular Hbond substituents is 2. The molecule has 0 bridgehead atoms. The smallest absolute Gasteiger partial charge is 0.258 e. The topological polar surface area (TPSA) is 108 Å². The van der Waals surface area contributed by atoms with E-state index in [0.29, 0.717) is 18.1 Å². The van der Waals surface area contributed by atoms with E-state index in [4.69, 9.17) is 4.52 Å². The van der Waals surface area contributed by atoms with Crippen LogP contribution in [0.5, 0.6) is 11.5 Å². The molecule has 0 saturated heterocycles. The zero-order chi connectivity index (χ0) is 13.8. The molecule has 0 spiro atoms. The predicted molar refractivity (Wildman–Crippen MR) is 64.8 cm³/mol. The number of carbonyl (C=O) groups is 1. The largest absolute Gasteiger partial charge is 0.507 e. The molecular formula is C12H13N3O4. The Morgan fingerprint density at radius 1 is 1.37 bits per heavy atom. The molecule has 19 heavy (non-hydrogen) atoms. The van der Waals surface area contributed by atoms with Gasteiger partial charge >= 0.3 is 0 Å². The molecule has 2 aromatic rings. The van der Waals surface area contributed by atoms with Crippen molar-refractivity contribution in [3.8, 4) is 11.5 Å². The number of nitrogens with zero attached hydrogens (tertiary/aromatic N) is 2. The van der Waals surface area contributed by atoms with Crippen LogP contribution >= 0.6 is 0 Å². The molecule has 1 aromatic heterocycles. The molecule has 3 N–H and O–H groups in total. The van der Waals surface area contributed by atoms with E-state index < -0.39 is 5.91 Å². The summed E-state index contributed by atoms with van der Waals surface area (Å²) in [4.78, 5) is 15.8. The van der Waals surface area contributed by atoms with E-state index in [9.17, 15) is 15.0 Å². The first-order valence-electron chi connectivity index (χ1n) is 5.66. The van der Waals surface area contributed by atoms with Crippen LogP contribution in [0.4, 0.5) is 0 Å². The number of nitrogens with one attached hydrogen (secondary N) is 1. The highest BCUT2D eigenvalue weighted by molar-refractivity contribution is 5.99. The van der Waals surface area contributed by atoms with Crippen molar-refractivity contribution in [3.63, 3.8) is 0 Å². The molecular weight excluding hydrogens is 250 g/mol. The van der Waals surface area contributed by atoms with Gasteiger partial charge in [-0.05, 0) is 19.1 Å². The minimum Gasteiger partial charge on any atom is -0.507 e. The second-order valence-electron chi connectivity index (χ2n) is 3.91. The minimum atomic E-state index is -0.563. The molecule has 0 aliphatic carbocycles. The molecule has 100 valence electrons. The number of aromatic nitrogens is 2. The summed E-state index contributed by atoms with van der Waals surface area (Å²) in [7, 11) is 0. The zero-order valence-corrected chi connectivity index (χ0v) is 10.3. The fraction of sp³-hybridized carbons (Fsp3) is 0.250. The quantitative estimate of drug-likeness (QED) is 0.751. The molecule has 0 aliphatic rings. The maximum atomic E-state index is 11.8. The highest BCUT2D eigenvalue weighted by Gasteiger charge is 2.15. The van der Waals surface area contributed by atoms with E-state index in [1.165, 1.54) is 18.2 Å². The van der Waals surface area contributed by atoms with Gasteiger partial charge in [0.15, 0.2) is 5.82 Å². The Labute approximate surface area is 108 Å². The summed E-state index contributed by atoms with van der Waals surface area (Å²) < 4.78 is 4.89. The summed E-state index contributed by atoms with van der Waals surface area (Å²) in [6.07, 6.45) is 0.376. The van der Waals surface area contributed by atoms with E-state index in [0.717, 1.165) is 0 Å². The molecule has 7 nitrogen and oxygen atoms in total. The van der Waals surface area contributed by atoms with Crippen LogP contribution in [0.2, 0.25) is 0 Å². The van der Waals surface area contributed by atoms with Crippen molar-refractivity contribution < 1.29 is 19.5 Å². The van der Waals surface area contributed by atoms with E-state index in [-0.39, 0.29) is 23.6 Å². The lowest BCUT2D eigenvalue weighted by Crippen LogP contribution is -2.25. The first kappa shape index (κ1) is 12.9. The second kappa shape index (κ2) is 5.38. The van der Waals surface area contributed by atoms with Crippen molar-refractivity contribution >= 4 is 5.91 Å². The van der Waals surface area contributed by atoms with Gasteiger partial charge in [0.2, 0.25) is 5.89 Å². The number of carbonyl (C=O) groups excluding carboxylic acids is 1. The SMILES string of the molecule is Cc1noc(CCNC(=O)c2c(O)cccc2O)n1. The Morgan fingerprint density at radius 3 is 2.63 bits per heavy atom. The summed E-state index contributed by atoms with van der Waals surface area (Å²) >= 11 is 0. The fourth-order valence-electron chi connectivity index (χ4n) is 1.57. The molecule has 1 amide bonds. The van der Waals surface area contributed by atoms with Gasteiger partial charge in [-0.15, -0.1) is 0 Å². The van der Waals surface area contributed by atoms with E-state index in [2.05, 4.69) is 15.5 Å². The average Bonchev–Trinajstić information content (AvgIpc) is 2.75. The highest BCUT2D eigenvalue weighted by atomic mass is 16.5. The molecule has 0 radical (unpaired) electrons. The van der Waals surface area contributed by atoms with Crippen LogP contribution < -0.4 is 5.32 Å². The minimum absolute atomic E-state index is 0.149. The van der Waals surface area contributed by atoms with E-state index in [1.807, 2.05) is 0 Å². The van der Waals surface area contributed by atoms with Crippen LogP contribution in [0.3, 0.4) is 0 Å². The van der Waals surface area contributed by atoms with Crippen molar-refractivity contribution in [1.29, 1.82) is 0 Å². The highest BCUT2D eigenvalue weighted by Crippen LogP contribution is 2.25. The Balaban J connectivity index is 1.94. The van der Waals surface area contributed by atoms with Crippen molar-refractivity contribution in [2.45, 2.75) is 13.3 Å². The number of aryl methyl sites for hydroxylation is 1. The van der Waals surface area contributed by atoms with Gasteiger partial charge in [-0.3, -0.25) is 4.79 Å². The van der Waals surface area contributed by atoms with Crippen LogP contribution in [0.25, 0.3) is 0 Å². The van der Waals surface area contributed by atoms with Gasteiger partial charge in [-0.2, -0.15) is 4.98 Å². The van der Waals surface area contributed by atoms with E-state index in [1.54, 1.807) is 6.92 Å². The summed E-state index contributed by atoms with van der Waals surface area (Å²) in [6, 6.07) is 4.11. The van der Waals surface area contributed by atoms with Gasteiger partial charge in [0.05, 0.1) is 0 Å². The predicted octanol–water partition coefficient (Wildman–Crippen LogP) is 0.762. The Bertz CT molecular complexity index is 574. The number of amides is 1. The Morgan fingerprint density at radius 2 is 2.05 bits per heavy atom. The lowest BCUT2D eigenvalue weighted by atomic mass is 10.1. The molecule has 1 aromatic carbocycles. The Kier molecular flexibility index (Phi) is 3.65. The summed E-state index contributed by atoms with van der Waals surface area (Å²) in [5.74, 6) is -0.164. The van der Waals surface area contributed by atoms with Crippen molar-refractivity contribution in [2.24, 2.45) is 0 Å². The molecule has 0 aliphatic heterocycles. The standard InChI is InChI=1S/C12H13N3O4/c1-7-14-10(19-15-7)5-6-13-12(18)11-8(16)3-2-4-9(11)17/h2-4,16-17H,5-6H2,1H3,(H,13,18). The van der Waals surface area contributed by atoms with Crippen LogP contribution in [0, 0.1) is 6.92 Å². The fourth-order valence-corrected chi connectivity index (χ4v) is 1.57. The third-order valence-corrected chi connectivity index (χ3v) is 2.44. The number of hydrogen-bond donors (Lipinski definition) is 3. The summed E-state index contributed by atoms with van der Waals surface area (Å²) in [5, 5.41) is 25.2. The van der Waals surface area contributed by atoms with Gasteiger partial charge in [-0.25, -0.2) is 0 Å². The Hall–Kier alpha value is -2.57. The summed E-state index contributed by atoms with van der Waals surface area (Å²) in [6.45, 7) is 1.96. The number of phenols is 2. The van der Waals surface area contributed by atoms with E-state index >= 15 is 0 Å². The first-order valence-corrected chi connectivity index (χ1v) is 5.66. The van der Waals surface area contributed by atoms with Crippen LogP contribution in [0.15, 0.2) is 22.7 Å². The van der Waals surface area contributed by atoms with Crippen LogP contribution in [0.1, 0.15) is 22.1 Å². The number of benzene rings is 1. The maximum Gasteiger partial charge on any atom is 0.258 e. The molecule has 0 atom stereocenters. The molecule has 0 unspecified atom stereocenters. The number of aromatic hydroxyl groups is 2. The molecule has 1 heterocycles. The average molecular weight is 263 g/mol. The third kappa shape index (κ3) is 3.01. The van der Waals surface area contributed by atoms with Gasteiger partial charge in [-0.1, -0.05) is 11.2 Å². The molecule has 7 heteroatoms. The van der Waals surface area contributed by atoms with Crippen LogP contribution in [-0.4, -0.2) is 32.8 Å². The second-order valence-corrected chi connectivity index (χ2v) is 3.91. The van der Waals surface area contributed by atoms with Gasteiger partial charge in [0, 0.05) is 13.0 Å². The lowest BCUT2D eigenvalue weighted by molar-refractivity contribution is 0.0948. The van der Waals surface area contributed by atoms with Crippen molar-refractivity contribution in [2.75, 3.05) is 6.54 Å². The molecule has 2 rings (SSSR count). The first-order chi connectivity index (χ1) is 9.08. The number of rotatable bonds is 4. The lowest BCUT2D eigenvalue weighted by Gasteiger charge is -2.07. The zero-order valence-electron chi connectivity index (χ0n) is 10.3. The monoisotopic (exact) mass is 263 g/mol. The van der Waals surface area contributed by atoms with Gasteiger partial charge in [0.1, 0.15) is 17.1 Å².